The van der Waals surface area contributed by atoms with E-state index in [-0.39, 0.29) is 33.1 Å². The van der Waals surface area contributed by atoms with Gasteiger partial charge in [0.25, 0.3) is 0 Å². The standard InChI is InChI=1S/C18H22O4.C12H10O2.C3H6O.B/c1-13(19)11-21-17-7-3-15(4-8-17)16-5-9-18(10-6-16)22-12-14(2)20;13-11-5-1-9(2-6-11)10-3-7-12(14)8-4-10;1-3-2-4-3;/h3-10,13-14,19-20H,11-12H2,1-2H3;1-8,13-14H;3H,2H2,1H3;. The van der Waals surface area contributed by atoms with E-state index in [9.17, 15) is 10.2 Å². The Morgan fingerprint density at radius 1 is 0.610 bits per heavy atom. The molecule has 1 saturated heterocycles. The Bertz CT molecular complexity index is 1160. The lowest BCUT2D eigenvalue weighted by molar-refractivity contribution is 0.122. The number of aromatic hydroxyl groups is 2. The van der Waals surface area contributed by atoms with Crippen molar-refractivity contribution in [2.75, 3.05) is 19.8 Å². The molecule has 0 bridgehead atoms. The van der Waals surface area contributed by atoms with Crippen LogP contribution >= 0.6 is 0 Å². The molecule has 41 heavy (non-hydrogen) atoms. The van der Waals surface area contributed by atoms with E-state index in [0.717, 1.165) is 40.4 Å². The number of rotatable bonds is 8. The lowest BCUT2D eigenvalue weighted by Crippen LogP contribution is -2.12. The molecule has 0 amide bonds. The lowest BCUT2D eigenvalue weighted by Gasteiger charge is -2.10. The summed E-state index contributed by atoms with van der Waals surface area (Å²) in [6, 6.07) is 29.3. The number of aliphatic hydroxyl groups is 2. The Morgan fingerprint density at radius 2 is 0.854 bits per heavy atom. The summed E-state index contributed by atoms with van der Waals surface area (Å²) < 4.78 is 15.6. The summed E-state index contributed by atoms with van der Waals surface area (Å²) >= 11 is 0. The molecule has 0 aliphatic carbocycles. The fourth-order valence-corrected chi connectivity index (χ4v) is 3.32. The molecule has 1 fully saturated rings. The van der Waals surface area contributed by atoms with Crippen LogP contribution in [0.5, 0.6) is 23.0 Å². The predicted molar refractivity (Wildman–Crippen MR) is 163 cm³/mol. The maximum Gasteiger partial charge on any atom is 0.119 e. The van der Waals surface area contributed by atoms with Crippen LogP contribution in [-0.4, -0.2) is 67.0 Å². The van der Waals surface area contributed by atoms with Crippen LogP contribution in [0.3, 0.4) is 0 Å². The zero-order chi connectivity index (χ0) is 28.9. The Balaban J connectivity index is 0.000000262. The third-order valence-corrected chi connectivity index (χ3v) is 5.59. The van der Waals surface area contributed by atoms with Gasteiger partial charge < -0.3 is 34.6 Å². The first kappa shape index (κ1) is 33.2. The maximum atomic E-state index is 9.20. The van der Waals surface area contributed by atoms with E-state index >= 15 is 0 Å². The summed E-state index contributed by atoms with van der Waals surface area (Å²) in [5, 5.41) is 36.6. The van der Waals surface area contributed by atoms with Crippen LogP contribution in [0, 0.1) is 0 Å². The van der Waals surface area contributed by atoms with E-state index in [2.05, 4.69) is 6.92 Å². The van der Waals surface area contributed by atoms with Crippen LogP contribution in [0.1, 0.15) is 20.8 Å². The Labute approximate surface area is 244 Å². The summed E-state index contributed by atoms with van der Waals surface area (Å²) in [6.07, 6.45) is -0.372. The largest absolute Gasteiger partial charge is 0.508 e. The first-order valence-corrected chi connectivity index (χ1v) is 13.2. The first-order valence-electron chi connectivity index (χ1n) is 13.2. The van der Waals surface area contributed by atoms with Gasteiger partial charge in [0, 0.05) is 8.41 Å². The van der Waals surface area contributed by atoms with Crippen molar-refractivity contribution in [3.63, 3.8) is 0 Å². The normalized spacial score (nSPS) is 14.5. The quantitative estimate of drug-likeness (QED) is 0.163. The highest BCUT2D eigenvalue weighted by atomic mass is 16.6. The molecule has 4 N–H and O–H groups in total. The zero-order valence-electron chi connectivity index (χ0n) is 23.7. The number of phenols is 2. The molecule has 0 spiro atoms. The molecule has 1 aliphatic heterocycles. The highest BCUT2D eigenvalue weighted by Crippen LogP contribution is 2.25. The van der Waals surface area contributed by atoms with Crippen LogP contribution < -0.4 is 9.47 Å². The van der Waals surface area contributed by atoms with Gasteiger partial charge in [0.1, 0.15) is 36.2 Å². The van der Waals surface area contributed by atoms with Crippen molar-refractivity contribution >= 4 is 8.41 Å². The molecular weight excluding hydrogens is 519 g/mol. The van der Waals surface area contributed by atoms with E-state index in [1.165, 1.54) is 0 Å². The average molecular weight is 557 g/mol. The second-order valence-electron chi connectivity index (χ2n) is 9.61. The molecule has 0 aromatic heterocycles. The number of ether oxygens (including phenoxy) is 3. The molecule has 8 heteroatoms. The minimum atomic E-state index is -0.478. The predicted octanol–water partition coefficient (Wildman–Crippen LogP) is 5.66. The number of hydrogen-bond acceptors (Lipinski definition) is 7. The van der Waals surface area contributed by atoms with Gasteiger partial charge in [-0.25, -0.2) is 0 Å². The van der Waals surface area contributed by atoms with Crippen molar-refractivity contribution in [1.29, 1.82) is 0 Å². The van der Waals surface area contributed by atoms with Crippen molar-refractivity contribution in [1.82, 2.24) is 0 Å². The topological polar surface area (TPSA) is 112 Å². The smallest absolute Gasteiger partial charge is 0.119 e. The van der Waals surface area contributed by atoms with Crippen molar-refractivity contribution in [3.05, 3.63) is 97.1 Å². The molecule has 5 rings (SSSR count). The molecule has 7 nitrogen and oxygen atoms in total. The lowest BCUT2D eigenvalue weighted by atomic mass is 10.1. The molecule has 3 unspecified atom stereocenters. The third kappa shape index (κ3) is 12.8. The van der Waals surface area contributed by atoms with Gasteiger partial charge in [-0.1, -0.05) is 48.5 Å². The molecule has 0 saturated carbocycles. The minimum Gasteiger partial charge on any atom is -0.508 e. The number of phenolic OH excluding ortho intramolecular Hbond substituents is 2. The summed E-state index contributed by atoms with van der Waals surface area (Å²) in [4.78, 5) is 0. The Hall–Kier alpha value is -3.98. The van der Waals surface area contributed by atoms with Crippen LogP contribution in [-0.2, 0) is 4.74 Å². The third-order valence-electron chi connectivity index (χ3n) is 5.59. The van der Waals surface area contributed by atoms with Gasteiger partial charge in [-0.2, -0.15) is 0 Å². The van der Waals surface area contributed by atoms with Gasteiger partial charge in [0.05, 0.1) is 24.9 Å². The highest BCUT2D eigenvalue weighted by molar-refractivity contribution is 5.75. The van der Waals surface area contributed by atoms with E-state index < -0.39 is 12.2 Å². The number of benzene rings is 4. The zero-order valence-corrected chi connectivity index (χ0v) is 23.7. The van der Waals surface area contributed by atoms with Crippen molar-refractivity contribution in [3.8, 4) is 45.3 Å². The summed E-state index contributed by atoms with van der Waals surface area (Å²) in [6.45, 7) is 6.99. The van der Waals surface area contributed by atoms with Gasteiger partial charge >= 0.3 is 0 Å². The SMILES string of the molecule is CC(O)COc1ccc(-c2ccc(OCC(C)O)cc2)cc1.CC1CO1.Oc1ccc(-c2ccc(O)cc2)cc1.[B]. The van der Waals surface area contributed by atoms with E-state index in [4.69, 9.17) is 24.4 Å². The Morgan fingerprint density at radius 3 is 1.07 bits per heavy atom. The van der Waals surface area contributed by atoms with E-state index in [1.807, 2.05) is 72.8 Å². The van der Waals surface area contributed by atoms with Crippen molar-refractivity contribution < 1.29 is 34.6 Å². The monoisotopic (exact) mass is 557 g/mol. The fourth-order valence-electron chi connectivity index (χ4n) is 3.32. The highest BCUT2D eigenvalue weighted by Gasteiger charge is 2.13. The molecule has 1 aliphatic rings. The Kier molecular flexibility index (Phi) is 13.8. The maximum absolute atomic E-state index is 9.20. The molecule has 3 radical (unpaired) electrons. The van der Waals surface area contributed by atoms with Gasteiger partial charge in [-0.05, 0) is 91.6 Å². The molecule has 3 atom stereocenters. The second-order valence-corrected chi connectivity index (χ2v) is 9.61. The number of epoxide rings is 1. The van der Waals surface area contributed by atoms with Gasteiger partial charge in [-0.15, -0.1) is 0 Å². The molecule has 4 aromatic carbocycles. The van der Waals surface area contributed by atoms with Crippen LogP contribution in [0.2, 0.25) is 0 Å². The number of hydrogen-bond donors (Lipinski definition) is 4. The van der Waals surface area contributed by atoms with E-state index in [1.54, 1.807) is 38.1 Å². The first-order chi connectivity index (χ1) is 19.2. The van der Waals surface area contributed by atoms with Gasteiger partial charge in [-0.3, -0.25) is 0 Å². The van der Waals surface area contributed by atoms with Gasteiger partial charge in [0.2, 0.25) is 0 Å². The van der Waals surface area contributed by atoms with Crippen molar-refractivity contribution in [2.24, 2.45) is 0 Å². The second kappa shape index (κ2) is 17.0. The summed E-state index contributed by atoms with van der Waals surface area (Å²) in [5.41, 5.74) is 4.18. The molecule has 4 aromatic rings. The fraction of sp³-hybridized carbons (Fsp3) is 0.273. The average Bonchev–Trinajstić information content (AvgIpc) is 3.75. The van der Waals surface area contributed by atoms with Gasteiger partial charge in [0.15, 0.2) is 0 Å². The summed E-state index contributed by atoms with van der Waals surface area (Å²) in [5.74, 6) is 1.99. The number of aliphatic hydroxyl groups excluding tert-OH is 2. The van der Waals surface area contributed by atoms with E-state index in [0.29, 0.717) is 6.10 Å². The minimum absolute atomic E-state index is 0. The van der Waals surface area contributed by atoms with Crippen molar-refractivity contribution in [2.45, 2.75) is 39.1 Å². The molecular formula is C33H38BO7. The van der Waals surface area contributed by atoms with Crippen LogP contribution in [0.15, 0.2) is 97.1 Å². The van der Waals surface area contributed by atoms with Crippen LogP contribution in [0.4, 0.5) is 0 Å². The summed E-state index contributed by atoms with van der Waals surface area (Å²) in [7, 11) is 0. The van der Waals surface area contributed by atoms with Crippen LogP contribution in [0.25, 0.3) is 22.3 Å². The molecule has 1 heterocycles. The molecule has 215 valence electrons.